The number of nitriles is 1. The predicted octanol–water partition coefficient (Wildman–Crippen LogP) is 3.58. The summed E-state index contributed by atoms with van der Waals surface area (Å²) in [7, 11) is 0. The number of aromatic hydroxyl groups is 1. The van der Waals surface area contributed by atoms with Crippen LogP contribution in [0.15, 0.2) is 42.5 Å². The predicted molar refractivity (Wildman–Crippen MR) is 71.3 cm³/mol. The van der Waals surface area contributed by atoms with Gasteiger partial charge in [-0.15, -0.1) is 0 Å². The summed E-state index contributed by atoms with van der Waals surface area (Å²) in [6.07, 6.45) is 0. The number of anilines is 1. The molecule has 0 bridgehead atoms. The first-order chi connectivity index (χ1) is 9.10. The highest BCUT2D eigenvalue weighted by Crippen LogP contribution is 2.24. The third-order valence-corrected chi connectivity index (χ3v) is 2.84. The first-order valence-corrected chi connectivity index (χ1v) is 5.85. The Kier molecular flexibility index (Phi) is 3.67. The Balaban J connectivity index is 2.24. The molecule has 0 spiro atoms. The van der Waals surface area contributed by atoms with Crippen LogP contribution in [-0.2, 0) is 0 Å². The van der Waals surface area contributed by atoms with Gasteiger partial charge in [0, 0.05) is 6.04 Å². The zero-order chi connectivity index (χ0) is 13.8. The number of halogens is 1. The largest absolute Gasteiger partial charge is 0.508 e. The molecule has 4 heteroatoms. The summed E-state index contributed by atoms with van der Waals surface area (Å²) in [5.41, 5.74) is 1.71. The van der Waals surface area contributed by atoms with E-state index in [0.29, 0.717) is 5.69 Å². The summed E-state index contributed by atoms with van der Waals surface area (Å²) in [5.74, 6) is -0.252. The molecule has 96 valence electrons. The van der Waals surface area contributed by atoms with E-state index in [-0.39, 0.29) is 17.4 Å². The molecular formula is C15H13FN2O. The van der Waals surface area contributed by atoms with Gasteiger partial charge in [0.1, 0.15) is 17.6 Å². The van der Waals surface area contributed by atoms with Crippen molar-refractivity contribution in [2.75, 3.05) is 5.32 Å². The zero-order valence-electron chi connectivity index (χ0n) is 10.4. The van der Waals surface area contributed by atoms with Crippen molar-refractivity contribution in [1.29, 1.82) is 5.26 Å². The van der Waals surface area contributed by atoms with Crippen LogP contribution in [0.5, 0.6) is 5.75 Å². The van der Waals surface area contributed by atoms with Crippen LogP contribution >= 0.6 is 0 Å². The molecule has 0 saturated heterocycles. The van der Waals surface area contributed by atoms with Crippen molar-refractivity contribution in [2.24, 2.45) is 0 Å². The minimum atomic E-state index is -0.438. The van der Waals surface area contributed by atoms with E-state index in [4.69, 9.17) is 5.26 Å². The molecule has 2 aromatic rings. The van der Waals surface area contributed by atoms with Gasteiger partial charge in [-0.2, -0.15) is 5.26 Å². The monoisotopic (exact) mass is 256 g/mol. The second-order valence-electron chi connectivity index (χ2n) is 4.26. The van der Waals surface area contributed by atoms with E-state index >= 15 is 0 Å². The highest BCUT2D eigenvalue weighted by molar-refractivity contribution is 5.58. The first-order valence-electron chi connectivity index (χ1n) is 5.85. The second-order valence-corrected chi connectivity index (χ2v) is 4.26. The SMILES string of the molecule is CC(Nc1ccc(F)cc1C#N)c1cccc(O)c1. The molecule has 0 aliphatic heterocycles. The number of hydrogen-bond acceptors (Lipinski definition) is 3. The molecule has 19 heavy (non-hydrogen) atoms. The van der Waals surface area contributed by atoms with E-state index in [1.807, 2.05) is 19.1 Å². The van der Waals surface area contributed by atoms with E-state index in [1.54, 1.807) is 18.2 Å². The molecule has 1 atom stereocenters. The summed E-state index contributed by atoms with van der Waals surface area (Å²) in [5, 5.41) is 21.5. The van der Waals surface area contributed by atoms with Gasteiger partial charge in [0.05, 0.1) is 11.3 Å². The van der Waals surface area contributed by atoms with Gasteiger partial charge in [-0.05, 0) is 42.8 Å². The number of phenols is 1. The van der Waals surface area contributed by atoms with Gasteiger partial charge < -0.3 is 10.4 Å². The Bertz CT molecular complexity index is 634. The van der Waals surface area contributed by atoms with Crippen LogP contribution in [0.1, 0.15) is 24.1 Å². The molecule has 0 heterocycles. The lowest BCUT2D eigenvalue weighted by Crippen LogP contribution is -2.07. The molecule has 0 aliphatic rings. The number of rotatable bonds is 3. The van der Waals surface area contributed by atoms with Crippen molar-refractivity contribution in [2.45, 2.75) is 13.0 Å². The Hall–Kier alpha value is -2.54. The van der Waals surface area contributed by atoms with E-state index in [0.717, 1.165) is 5.56 Å². The maximum Gasteiger partial charge on any atom is 0.124 e. The first kappa shape index (κ1) is 12.9. The standard InChI is InChI=1S/C15H13FN2O/c1-10(11-3-2-4-14(19)8-11)18-15-6-5-13(16)7-12(15)9-17/h2-8,10,18-19H,1H3. The van der Waals surface area contributed by atoms with Crippen LogP contribution in [0.2, 0.25) is 0 Å². The fourth-order valence-electron chi connectivity index (χ4n) is 1.85. The topological polar surface area (TPSA) is 56.0 Å². The average Bonchev–Trinajstić information content (AvgIpc) is 2.40. The van der Waals surface area contributed by atoms with Crippen molar-refractivity contribution < 1.29 is 9.50 Å². The lowest BCUT2D eigenvalue weighted by atomic mass is 10.1. The Morgan fingerprint density at radius 1 is 1.26 bits per heavy atom. The smallest absolute Gasteiger partial charge is 0.124 e. The van der Waals surface area contributed by atoms with Gasteiger partial charge in [-0.3, -0.25) is 0 Å². The quantitative estimate of drug-likeness (QED) is 0.882. The molecule has 1 unspecified atom stereocenters. The van der Waals surface area contributed by atoms with Crippen molar-refractivity contribution in [3.8, 4) is 11.8 Å². The van der Waals surface area contributed by atoms with Crippen LogP contribution in [0.3, 0.4) is 0 Å². The molecule has 0 saturated carbocycles. The summed E-state index contributed by atoms with van der Waals surface area (Å²) in [6, 6.07) is 12.7. The van der Waals surface area contributed by atoms with Crippen LogP contribution < -0.4 is 5.32 Å². The van der Waals surface area contributed by atoms with Gasteiger partial charge in [0.2, 0.25) is 0 Å². The highest BCUT2D eigenvalue weighted by atomic mass is 19.1. The summed E-state index contributed by atoms with van der Waals surface area (Å²) in [4.78, 5) is 0. The van der Waals surface area contributed by atoms with Crippen LogP contribution in [0.4, 0.5) is 10.1 Å². The summed E-state index contributed by atoms with van der Waals surface area (Å²) < 4.78 is 13.0. The van der Waals surface area contributed by atoms with Gasteiger partial charge in [-0.1, -0.05) is 12.1 Å². The molecule has 2 aromatic carbocycles. The molecule has 0 aliphatic carbocycles. The van der Waals surface area contributed by atoms with Crippen molar-refractivity contribution >= 4 is 5.69 Å². The number of hydrogen-bond donors (Lipinski definition) is 2. The maximum atomic E-state index is 13.0. The van der Waals surface area contributed by atoms with Crippen molar-refractivity contribution in [1.82, 2.24) is 0 Å². The van der Waals surface area contributed by atoms with Gasteiger partial charge in [0.25, 0.3) is 0 Å². The van der Waals surface area contributed by atoms with Crippen LogP contribution in [0.25, 0.3) is 0 Å². The van der Waals surface area contributed by atoms with E-state index in [2.05, 4.69) is 5.32 Å². The van der Waals surface area contributed by atoms with Gasteiger partial charge >= 0.3 is 0 Å². The average molecular weight is 256 g/mol. The van der Waals surface area contributed by atoms with Crippen LogP contribution in [-0.4, -0.2) is 5.11 Å². The number of nitrogens with one attached hydrogen (secondary N) is 1. The lowest BCUT2D eigenvalue weighted by molar-refractivity contribution is 0.474. The Labute approximate surface area is 110 Å². The minimum absolute atomic E-state index is 0.107. The fourth-order valence-corrected chi connectivity index (χ4v) is 1.85. The third kappa shape index (κ3) is 3.02. The fraction of sp³-hybridized carbons (Fsp3) is 0.133. The van der Waals surface area contributed by atoms with Gasteiger partial charge in [-0.25, -0.2) is 4.39 Å². The highest BCUT2D eigenvalue weighted by Gasteiger charge is 2.09. The zero-order valence-corrected chi connectivity index (χ0v) is 10.4. The third-order valence-electron chi connectivity index (χ3n) is 2.84. The van der Waals surface area contributed by atoms with E-state index in [9.17, 15) is 9.50 Å². The summed E-state index contributed by atoms with van der Waals surface area (Å²) >= 11 is 0. The number of nitrogens with zero attached hydrogens (tertiary/aromatic N) is 1. The molecule has 3 nitrogen and oxygen atoms in total. The minimum Gasteiger partial charge on any atom is -0.508 e. The Morgan fingerprint density at radius 3 is 2.74 bits per heavy atom. The molecule has 2 N–H and O–H groups in total. The van der Waals surface area contributed by atoms with Crippen molar-refractivity contribution in [3.05, 3.63) is 59.4 Å². The molecule has 0 fully saturated rings. The summed E-state index contributed by atoms with van der Waals surface area (Å²) in [6.45, 7) is 1.90. The second kappa shape index (κ2) is 5.40. The molecule has 0 radical (unpaired) electrons. The lowest BCUT2D eigenvalue weighted by Gasteiger charge is -2.16. The molecule has 0 aromatic heterocycles. The molecule has 0 amide bonds. The number of phenolic OH excluding ortho intramolecular Hbond substituents is 1. The number of benzene rings is 2. The van der Waals surface area contributed by atoms with Crippen LogP contribution in [0, 0.1) is 17.1 Å². The normalized spacial score (nSPS) is 11.6. The van der Waals surface area contributed by atoms with E-state index < -0.39 is 5.82 Å². The van der Waals surface area contributed by atoms with Crippen molar-refractivity contribution in [3.63, 3.8) is 0 Å². The van der Waals surface area contributed by atoms with E-state index in [1.165, 1.54) is 18.2 Å². The van der Waals surface area contributed by atoms with Gasteiger partial charge in [0.15, 0.2) is 0 Å². The maximum absolute atomic E-state index is 13.0. The Morgan fingerprint density at radius 2 is 2.05 bits per heavy atom. The molecule has 2 rings (SSSR count). The molecular weight excluding hydrogens is 243 g/mol.